The largest absolute Gasteiger partial charge is 0.370 e. The Bertz CT molecular complexity index is 432. The molecule has 0 aliphatic rings. The van der Waals surface area contributed by atoms with Crippen molar-refractivity contribution in [3.05, 3.63) is 42.7 Å². The molecule has 0 spiro atoms. The molecule has 0 saturated carbocycles. The van der Waals surface area contributed by atoms with Crippen molar-refractivity contribution in [3.8, 4) is 0 Å². The summed E-state index contributed by atoms with van der Waals surface area (Å²) in [6, 6.07) is 3.94. The predicted octanol–water partition coefficient (Wildman–Crippen LogP) is 1.27. The van der Waals surface area contributed by atoms with E-state index in [1.807, 2.05) is 18.3 Å². The molecule has 0 aromatic carbocycles. The van der Waals surface area contributed by atoms with Gasteiger partial charge in [-0.3, -0.25) is 15.3 Å². The molecule has 5 nitrogen and oxygen atoms in total. The van der Waals surface area contributed by atoms with Gasteiger partial charge < -0.3 is 11.1 Å². The number of nitrogens with one attached hydrogen (secondary N) is 2. The maximum atomic E-state index is 7.54. The first kappa shape index (κ1) is 15.1. The first-order valence-corrected chi connectivity index (χ1v) is 6.45. The van der Waals surface area contributed by atoms with Gasteiger partial charge in [-0.15, -0.1) is 6.58 Å². The van der Waals surface area contributed by atoms with Crippen molar-refractivity contribution in [3.63, 3.8) is 0 Å². The lowest BCUT2D eigenvalue weighted by molar-refractivity contribution is 0.556. The highest BCUT2D eigenvalue weighted by Gasteiger charge is 2.11. The number of nitrogens with two attached hydrogens (primary N) is 1. The second-order valence-corrected chi connectivity index (χ2v) is 4.36. The Hall–Kier alpha value is -1.95. The van der Waals surface area contributed by atoms with Crippen molar-refractivity contribution in [1.29, 1.82) is 5.41 Å². The van der Waals surface area contributed by atoms with Crippen molar-refractivity contribution in [2.24, 2.45) is 5.73 Å². The number of pyridine rings is 1. The van der Waals surface area contributed by atoms with Crippen LogP contribution in [0.1, 0.15) is 12.0 Å². The van der Waals surface area contributed by atoms with Crippen LogP contribution >= 0.6 is 12.2 Å². The normalized spacial score (nSPS) is 9.68. The Morgan fingerprint density at radius 2 is 2.42 bits per heavy atom. The van der Waals surface area contributed by atoms with E-state index in [-0.39, 0.29) is 5.96 Å². The summed E-state index contributed by atoms with van der Waals surface area (Å²) in [5.74, 6) is -0.0484. The van der Waals surface area contributed by atoms with Crippen LogP contribution < -0.4 is 11.1 Å². The molecule has 0 aliphatic heterocycles. The first-order chi connectivity index (χ1) is 9.15. The highest BCUT2D eigenvalue weighted by atomic mass is 32.1. The molecule has 1 heterocycles. The van der Waals surface area contributed by atoms with Crippen LogP contribution in [0.25, 0.3) is 0 Å². The maximum Gasteiger partial charge on any atom is 0.194 e. The molecule has 19 heavy (non-hydrogen) atoms. The zero-order valence-corrected chi connectivity index (χ0v) is 11.6. The summed E-state index contributed by atoms with van der Waals surface area (Å²) < 4.78 is 0. The topological polar surface area (TPSA) is 78.0 Å². The minimum atomic E-state index is -0.0484. The van der Waals surface area contributed by atoms with Gasteiger partial charge in [0.1, 0.15) is 0 Å². The van der Waals surface area contributed by atoms with Crippen molar-refractivity contribution < 1.29 is 0 Å². The Balaban J connectivity index is 2.44. The quantitative estimate of drug-likeness (QED) is 0.316. The lowest BCUT2D eigenvalue weighted by Crippen LogP contribution is -2.47. The van der Waals surface area contributed by atoms with Gasteiger partial charge in [-0.25, -0.2) is 0 Å². The molecule has 1 rings (SSSR count). The van der Waals surface area contributed by atoms with Crippen molar-refractivity contribution >= 4 is 23.3 Å². The molecule has 0 atom stereocenters. The summed E-state index contributed by atoms with van der Waals surface area (Å²) in [7, 11) is 0. The number of aromatic nitrogens is 1. The molecule has 0 saturated heterocycles. The molecule has 102 valence electrons. The Morgan fingerprint density at radius 3 is 3.00 bits per heavy atom. The minimum absolute atomic E-state index is 0.0484. The summed E-state index contributed by atoms with van der Waals surface area (Å²) in [5, 5.41) is 11.0. The molecule has 4 N–H and O–H groups in total. The van der Waals surface area contributed by atoms with E-state index in [1.165, 1.54) is 0 Å². The summed E-state index contributed by atoms with van der Waals surface area (Å²) in [6.45, 7) is 4.77. The third kappa shape index (κ3) is 5.48. The highest BCUT2D eigenvalue weighted by Crippen LogP contribution is 2.02. The van der Waals surface area contributed by atoms with E-state index in [0.29, 0.717) is 18.2 Å². The highest BCUT2D eigenvalue weighted by molar-refractivity contribution is 7.80. The monoisotopic (exact) mass is 277 g/mol. The molecule has 0 radical (unpaired) electrons. The van der Waals surface area contributed by atoms with Crippen LogP contribution in [0.3, 0.4) is 0 Å². The van der Waals surface area contributed by atoms with Crippen molar-refractivity contribution in [2.45, 2.75) is 12.8 Å². The molecule has 0 unspecified atom stereocenters. The third-order valence-corrected chi connectivity index (χ3v) is 2.87. The van der Waals surface area contributed by atoms with Gasteiger partial charge in [-0.2, -0.15) is 0 Å². The fraction of sp³-hybridized carbons (Fsp3) is 0.308. The molecule has 0 amide bonds. The maximum absolute atomic E-state index is 7.54. The van der Waals surface area contributed by atoms with E-state index in [1.54, 1.807) is 17.2 Å². The predicted molar refractivity (Wildman–Crippen MR) is 82.0 cm³/mol. The number of nitrogens with zero attached hydrogens (tertiary/aromatic N) is 2. The lowest BCUT2D eigenvalue weighted by Gasteiger charge is -2.23. The smallest absolute Gasteiger partial charge is 0.194 e. The number of rotatable bonds is 6. The van der Waals surface area contributed by atoms with Crippen molar-refractivity contribution in [2.75, 3.05) is 13.1 Å². The summed E-state index contributed by atoms with van der Waals surface area (Å²) in [6.07, 6.45) is 7.02. The molecule has 1 aromatic heterocycles. The average Bonchev–Trinajstić information content (AvgIpc) is 2.41. The SMILES string of the molecule is C=CCNC(=S)N(CCCc1cccnc1)C(=N)N. The number of hydrogen-bond donors (Lipinski definition) is 3. The van der Waals surface area contributed by atoms with E-state index in [0.717, 1.165) is 18.4 Å². The Labute approximate surface area is 119 Å². The van der Waals surface area contributed by atoms with Gasteiger partial charge >= 0.3 is 0 Å². The molecule has 6 heteroatoms. The zero-order valence-electron chi connectivity index (χ0n) is 10.8. The van der Waals surface area contributed by atoms with Crippen molar-refractivity contribution in [1.82, 2.24) is 15.2 Å². The third-order valence-electron chi connectivity index (χ3n) is 2.50. The summed E-state index contributed by atoms with van der Waals surface area (Å²) >= 11 is 5.18. The van der Waals surface area contributed by atoms with E-state index in [9.17, 15) is 0 Å². The van der Waals surface area contributed by atoms with Gasteiger partial charge in [0.05, 0.1) is 0 Å². The van der Waals surface area contributed by atoms with Crippen LogP contribution in [-0.2, 0) is 6.42 Å². The zero-order chi connectivity index (χ0) is 14.1. The summed E-state index contributed by atoms with van der Waals surface area (Å²) in [4.78, 5) is 5.64. The van der Waals surface area contributed by atoms with Crippen LogP contribution in [0.15, 0.2) is 37.2 Å². The molecule has 1 aromatic rings. The molecule has 0 bridgehead atoms. The van der Waals surface area contributed by atoms with Gasteiger partial charge in [0.25, 0.3) is 0 Å². The van der Waals surface area contributed by atoms with Gasteiger partial charge in [0.2, 0.25) is 0 Å². The van der Waals surface area contributed by atoms with Gasteiger partial charge in [-0.05, 0) is 36.7 Å². The number of hydrogen-bond acceptors (Lipinski definition) is 3. The van der Waals surface area contributed by atoms with Crippen LogP contribution in [-0.4, -0.2) is 34.0 Å². The second-order valence-electron chi connectivity index (χ2n) is 3.98. The number of thiocarbonyl (C=S) groups is 1. The second kappa shape index (κ2) is 8.20. The molecular weight excluding hydrogens is 258 g/mol. The van der Waals surface area contributed by atoms with Gasteiger partial charge in [0.15, 0.2) is 11.1 Å². The van der Waals surface area contributed by atoms with Crippen LogP contribution in [0.5, 0.6) is 0 Å². The standard InChI is InChI=1S/C13H19N5S/c1-2-7-17-13(19)18(12(14)15)9-4-6-11-5-3-8-16-10-11/h2-3,5,8,10H,1,4,6-7,9H2,(H3,14,15)(H,17,19). The van der Waals surface area contributed by atoms with Gasteiger partial charge in [-0.1, -0.05) is 12.1 Å². The van der Waals surface area contributed by atoms with Gasteiger partial charge in [0, 0.05) is 25.5 Å². The van der Waals surface area contributed by atoms with E-state index in [4.69, 9.17) is 23.4 Å². The average molecular weight is 277 g/mol. The first-order valence-electron chi connectivity index (χ1n) is 6.04. The Kier molecular flexibility index (Phi) is 6.52. The van der Waals surface area contributed by atoms with E-state index >= 15 is 0 Å². The number of aryl methyl sites for hydroxylation is 1. The fourth-order valence-electron chi connectivity index (χ4n) is 1.57. The molecule has 0 aliphatic carbocycles. The lowest BCUT2D eigenvalue weighted by atomic mass is 10.1. The van der Waals surface area contributed by atoms with E-state index < -0.39 is 0 Å². The van der Waals surface area contributed by atoms with Crippen LogP contribution in [0.2, 0.25) is 0 Å². The Morgan fingerprint density at radius 1 is 1.63 bits per heavy atom. The van der Waals surface area contributed by atoms with Crippen LogP contribution in [0.4, 0.5) is 0 Å². The fourth-order valence-corrected chi connectivity index (χ4v) is 1.85. The number of guanidine groups is 1. The minimum Gasteiger partial charge on any atom is -0.370 e. The summed E-state index contributed by atoms with van der Waals surface area (Å²) in [5.41, 5.74) is 6.70. The van der Waals surface area contributed by atoms with E-state index in [2.05, 4.69) is 16.9 Å². The molecule has 0 fully saturated rings. The van der Waals surface area contributed by atoms with Crippen LogP contribution in [0, 0.1) is 5.41 Å². The molecular formula is C13H19N5S.